The van der Waals surface area contributed by atoms with Gasteiger partial charge in [0.2, 0.25) is 11.8 Å². The molecule has 0 radical (unpaired) electrons. The second kappa shape index (κ2) is 13.7. The van der Waals surface area contributed by atoms with E-state index in [2.05, 4.69) is 5.32 Å². The molecule has 3 N–H and O–H groups in total. The fraction of sp³-hybridized carbons (Fsp3) is 0.609. The average Bonchev–Trinajstić information content (AvgIpc) is 3.28. The first-order valence-corrected chi connectivity index (χ1v) is 11.1. The largest absolute Gasteiger partial charge is 0.461 e. The Morgan fingerprint density at radius 3 is 2.40 bits per heavy atom. The van der Waals surface area contributed by atoms with Crippen LogP contribution < -0.4 is 11.1 Å². The van der Waals surface area contributed by atoms with E-state index in [9.17, 15) is 14.4 Å². The normalized spacial score (nSPS) is 14.5. The third-order valence-electron chi connectivity index (χ3n) is 5.34. The first-order valence-electron chi connectivity index (χ1n) is 11.1. The molecule has 2 rings (SSSR count). The van der Waals surface area contributed by atoms with E-state index < -0.39 is 0 Å². The number of rotatable bonds is 14. The van der Waals surface area contributed by atoms with Crippen molar-refractivity contribution in [3.05, 3.63) is 35.9 Å². The zero-order valence-corrected chi connectivity index (χ0v) is 17.8. The summed E-state index contributed by atoms with van der Waals surface area (Å²) in [6.07, 6.45) is 6.79. The second-order valence-electron chi connectivity index (χ2n) is 7.85. The predicted molar refractivity (Wildman–Crippen MR) is 115 cm³/mol. The molecule has 0 saturated carbocycles. The maximum atomic E-state index is 12.6. The van der Waals surface area contributed by atoms with Crippen molar-refractivity contribution >= 4 is 17.8 Å². The standard InChI is InChI=1S/C23H35N3O4/c24-21(27)14-13-20(23(29)26-16-8-9-17-26)25-15-7-2-1-6-12-22(28)30-18-19-10-4-3-5-11-19/h3-5,10-11,20,25H,1-2,6-9,12-18H2,(H2,24,27)/t20-/m0/s1. The number of nitrogens with zero attached hydrogens (tertiary/aromatic N) is 1. The van der Waals surface area contributed by atoms with E-state index in [1.165, 1.54) is 0 Å². The summed E-state index contributed by atoms with van der Waals surface area (Å²) in [6, 6.07) is 9.31. The number of nitrogens with two attached hydrogens (primary N) is 1. The molecule has 30 heavy (non-hydrogen) atoms. The van der Waals surface area contributed by atoms with Crippen molar-refractivity contribution in [2.45, 2.75) is 70.4 Å². The van der Waals surface area contributed by atoms with Gasteiger partial charge in [-0.3, -0.25) is 14.4 Å². The van der Waals surface area contributed by atoms with Crippen LogP contribution in [0.4, 0.5) is 0 Å². The molecule has 1 aliphatic heterocycles. The van der Waals surface area contributed by atoms with Crippen LogP contribution in [-0.4, -0.2) is 48.4 Å². The maximum Gasteiger partial charge on any atom is 0.306 e. The van der Waals surface area contributed by atoms with Gasteiger partial charge in [0.15, 0.2) is 0 Å². The highest BCUT2D eigenvalue weighted by Gasteiger charge is 2.26. The van der Waals surface area contributed by atoms with Crippen LogP contribution in [0, 0.1) is 0 Å². The van der Waals surface area contributed by atoms with E-state index in [-0.39, 0.29) is 30.2 Å². The highest BCUT2D eigenvalue weighted by molar-refractivity contribution is 5.83. The monoisotopic (exact) mass is 417 g/mol. The molecule has 0 spiro atoms. The summed E-state index contributed by atoms with van der Waals surface area (Å²) in [4.78, 5) is 37.4. The highest BCUT2D eigenvalue weighted by atomic mass is 16.5. The van der Waals surface area contributed by atoms with Gasteiger partial charge in [-0.05, 0) is 44.2 Å². The molecule has 166 valence electrons. The molecule has 1 heterocycles. The van der Waals surface area contributed by atoms with Crippen LogP contribution in [0.25, 0.3) is 0 Å². The summed E-state index contributed by atoms with van der Waals surface area (Å²) in [5.41, 5.74) is 6.25. The Kier molecular flexibility index (Phi) is 10.9. The van der Waals surface area contributed by atoms with Crippen LogP contribution in [-0.2, 0) is 25.7 Å². The van der Waals surface area contributed by atoms with Gasteiger partial charge in [0.1, 0.15) is 6.61 Å². The molecule has 1 saturated heterocycles. The van der Waals surface area contributed by atoms with Gasteiger partial charge in [0.25, 0.3) is 0 Å². The minimum Gasteiger partial charge on any atom is -0.461 e. The van der Waals surface area contributed by atoms with E-state index in [0.717, 1.165) is 57.2 Å². The molecule has 2 amide bonds. The Morgan fingerprint density at radius 1 is 1.00 bits per heavy atom. The Balaban J connectivity index is 1.55. The van der Waals surface area contributed by atoms with Crippen LogP contribution in [0.2, 0.25) is 0 Å². The van der Waals surface area contributed by atoms with E-state index in [4.69, 9.17) is 10.5 Å². The number of likely N-dealkylation sites (tertiary alicyclic amines) is 1. The van der Waals surface area contributed by atoms with Crippen molar-refractivity contribution in [1.29, 1.82) is 0 Å². The third-order valence-corrected chi connectivity index (χ3v) is 5.34. The number of carbonyl (C=O) groups excluding carboxylic acids is 3. The van der Waals surface area contributed by atoms with Crippen LogP contribution in [0.15, 0.2) is 30.3 Å². The number of nitrogens with one attached hydrogen (secondary N) is 1. The summed E-state index contributed by atoms with van der Waals surface area (Å²) in [7, 11) is 0. The lowest BCUT2D eigenvalue weighted by atomic mass is 10.1. The number of hydrogen-bond donors (Lipinski definition) is 2. The van der Waals surface area contributed by atoms with Crippen LogP contribution in [0.3, 0.4) is 0 Å². The minimum atomic E-state index is -0.379. The molecule has 7 heteroatoms. The zero-order chi connectivity index (χ0) is 21.6. The van der Waals surface area contributed by atoms with Crippen LogP contribution in [0.5, 0.6) is 0 Å². The molecule has 0 bridgehead atoms. The first-order chi connectivity index (χ1) is 14.6. The molecule has 1 aromatic rings. The van der Waals surface area contributed by atoms with Crippen molar-refractivity contribution < 1.29 is 19.1 Å². The fourth-order valence-electron chi connectivity index (χ4n) is 3.59. The lowest BCUT2D eigenvalue weighted by Gasteiger charge is -2.24. The highest BCUT2D eigenvalue weighted by Crippen LogP contribution is 2.12. The summed E-state index contributed by atoms with van der Waals surface area (Å²) in [6.45, 7) is 2.63. The molecule has 1 aromatic carbocycles. The summed E-state index contributed by atoms with van der Waals surface area (Å²) >= 11 is 0. The number of hydrogen-bond acceptors (Lipinski definition) is 5. The van der Waals surface area contributed by atoms with E-state index >= 15 is 0 Å². The number of ether oxygens (including phenoxy) is 1. The summed E-state index contributed by atoms with van der Waals surface area (Å²) < 4.78 is 5.28. The van der Waals surface area contributed by atoms with Gasteiger partial charge in [-0.25, -0.2) is 0 Å². The van der Waals surface area contributed by atoms with Crippen LogP contribution in [0.1, 0.15) is 63.4 Å². The number of amides is 2. The molecular formula is C23H35N3O4. The maximum absolute atomic E-state index is 12.6. The van der Waals surface area contributed by atoms with Gasteiger partial charge < -0.3 is 20.7 Å². The number of unbranched alkanes of at least 4 members (excludes halogenated alkanes) is 3. The van der Waals surface area contributed by atoms with Gasteiger partial charge in [-0.2, -0.15) is 0 Å². The SMILES string of the molecule is NC(=O)CC[C@H](NCCCCCCC(=O)OCc1ccccc1)C(=O)N1CCCC1. The quantitative estimate of drug-likeness (QED) is 0.358. The summed E-state index contributed by atoms with van der Waals surface area (Å²) in [5, 5.41) is 3.30. The molecule has 0 aromatic heterocycles. The smallest absolute Gasteiger partial charge is 0.306 e. The molecular weight excluding hydrogens is 382 g/mol. The lowest BCUT2D eigenvalue weighted by Crippen LogP contribution is -2.46. The third kappa shape index (κ3) is 9.39. The number of primary amides is 1. The Labute approximate surface area is 179 Å². The molecule has 7 nitrogen and oxygen atoms in total. The lowest BCUT2D eigenvalue weighted by molar-refractivity contribution is -0.145. The number of esters is 1. The fourth-order valence-corrected chi connectivity index (χ4v) is 3.59. The molecule has 0 unspecified atom stereocenters. The van der Waals surface area contributed by atoms with Crippen LogP contribution >= 0.6 is 0 Å². The zero-order valence-electron chi connectivity index (χ0n) is 17.8. The predicted octanol–water partition coefficient (Wildman–Crippen LogP) is 2.53. The van der Waals surface area contributed by atoms with E-state index in [0.29, 0.717) is 26.0 Å². The number of carbonyl (C=O) groups is 3. The molecule has 0 aliphatic carbocycles. The van der Waals surface area contributed by atoms with Gasteiger partial charge >= 0.3 is 5.97 Å². The Hall–Kier alpha value is -2.41. The first kappa shape index (κ1) is 23.9. The van der Waals surface area contributed by atoms with Crippen molar-refractivity contribution in [2.75, 3.05) is 19.6 Å². The van der Waals surface area contributed by atoms with Gasteiger partial charge in [-0.15, -0.1) is 0 Å². The van der Waals surface area contributed by atoms with Gasteiger partial charge in [-0.1, -0.05) is 43.2 Å². The molecule has 1 fully saturated rings. The van der Waals surface area contributed by atoms with E-state index in [1.807, 2.05) is 35.2 Å². The van der Waals surface area contributed by atoms with Gasteiger partial charge in [0, 0.05) is 25.9 Å². The number of benzene rings is 1. The summed E-state index contributed by atoms with van der Waals surface area (Å²) in [5.74, 6) is -0.468. The van der Waals surface area contributed by atoms with Crippen molar-refractivity contribution in [2.24, 2.45) is 5.73 Å². The minimum absolute atomic E-state index is 0.0786. The Morgan fingerprint density at radius 2 is 1.70 bits per heavy atom. The van der Waals surface area contributed by atoms with E-state index in [1.54, 1.807) is 0 Å². The topological polar surface area (TPSA) is 102 Å². The average molecular weight is 418 g/mol. The van der Waals surface area contributed by atoms with Gasteiger partial charge in [0.05, 0.1) is 6.04 Å². The molecule has 1 aliphatic rings. The van der Waals surface area contributed by atoms with Crippen molar-refractivity contribution in [3.8, 4) is 0 Å². The second-order valence-corrected chi connectivity index (χ2v) is 7.85. The van der Waals surface area contributed by atoms with Crippen molar-refractivity contribution in [3.63, 3.8) is 0 Å². The Bertz CT molecular complexity index is 660. The van der Waals surface area contributed by atoms with Crippen molar-refractivity contribution in [1.82, 2.24) is 10.2 Å². The molecule has 1 atom stereocenters.